The van der Waals surface area contributed by atoms with E-state index in [0.717, 1.165) is 6.54 Å². The molecule has 6 heteroatoms. The molecule has 28 heavy (non-hydrogen) atoms. The van der Waals surface area contributed by atoms with Crippen LogP contribution in [0.1, 0.15) is 57.6 Å². The van der Waals surface area contributed by atoms with E-state index in [2.05, 4.69) is 50.1 Å². The van der Waals surface area contributed by atoms with Crippen LogP contribution in [0.5, 0.6) is 0 Å². The van der Waals surface area contributed by atoms with Crippen molar-refractivity contribution < 1.29 is 4.79 Å². The lowest BCUT2D eigenvalue weighted by atomic mass is 10.1. The van der Waals surface area contributed by atoms with Gasteiger partial charge in [0.05, 0.1) is 6.54 Å². The summed E-state index contributed by atoms with van der Waals surface area (Å²) in [7, 11) is 1.72. The molecule has 0 unspecified atom stereocenters. The zero-order chi connectivity index (χ0) is 20.4. The number of aliphatic imine (C=N–C) groups is 1. The highest BCUT2D eigenvalue weighted by Gasteiger charge is 2.14. The molecule has 1 heterocycles. The molecule has 0 radical (unpaired) electrons. The molecular formula is C22H37N5O. The third-order valence-corrected chi connectivity index (χ3v) is 4.71. The van der Waals surface area contributed by atoms with Gasteiger partial charge in [-0.05, 0) is 57.8 Å². The van der Waals surface area contributed by atoms with Crippen molar-refractivity contribution in [3.63, 3.8) is 0 Å². The van der Waals surface area contributed by atoms with Crippen molar-refractivity contribution >= 4 is 11.9 Å². The van der Waals surface area contributed by atoms with Crippen LogP contribution in [-0.4, -0.2) is 49.0 Å². The predicted molar refractivity (Wildman–Crippen MR) is 116 cm³/mol. The van der Waals surface area contributed by atoms with Crippen LogP contribution in [0.2, 0.25) is 0 Å². The molecule has 1 fully saturated rings. The molecule has 0 saturated carbocycles. The van der Waals surface area contributed by atoms with Gasteiger partial charge >= 0.3 is 0 Å². The summed E-state index contributed by atoms with van der Waals surface area (Å²) in [6.07, 6.45) is 5.35. The van der Waals surface area contributed by atoms with Gasteiger partial charge in [-0.25, -0.2) is 0 Å². The Morgan fingerprint density at radius 1 is 1.07 bits per heavy atom. The van der Waals surface area contributed by atoms with Gasteiger partial charge in [0, 0.05) is 25.7 Å². The maximum absolute atomic E-state index is 12.0. The molecule has 0 aliphatic carbocycles. The molecule has 1 aromatic rings. The Morgan fingerprint density at radius 3 is 2.39 bits per heavy atom. The molecule has 1 amide bonds. The van der Waals surface area contributed by atoms with Gasteiger partial charge in [-0.1, -0.05) is 37.1 Å². The summed E-state index contributed by atoms with van der Waals surface area (Å²) in [4.78, 5) is 18.7. The molecule has 2 rings (SSSR count). The van der Waals surface area contributed by atoms with Crippen LogP contribution in [0.3, 0.4) is 0 Å². The zero-order valence-corrected chi connectivity index (χ0v) is 18.0. The zero-order valence-electron chi connectivity index (χ0n) is 18.0. The van der Waals surface area contributed by atoms with Crippen molar-refractivity contribution in [3.05, 3.63) is 35.4 Å². The van der Waals surface area contributed by atoms with E-state index in [4.69, 9.17) is 0 Å². The normalized spacial score (nSPS) is 16.4. The van der Waals surface area contributed by atoms with Gasteiger partial charge in [-0.2, -0.15) is 0 Å². The molecule has 0 spiro atoms. The van der Waals surface area contributed by atoms with Crippen LogP contribution < -0.4 is 16.0 Å². The van der Waals surface area contributed by atoms with Gasteiger partial charge in [0.25, 0.3) is 0 Å². The standard InChI is InChI=1S/C22H37N5O/c1-22(2,3)26-20(28)16-25-21(23-4)24-15-18-10-9-11-19(14-18)17-27-12-7-5-6-8-13-27/h9-11,14H,5-8,12-13,15-17H2,1-4H3,(H,26,28)(H2,23,24,25). The van der Waals surface area contributed by atoms with E-state index in [-0.39, 0.29) is 18.0 Å². The van der Waals surface area contributed by atoms with E-state index in [1.54, 1.807) is 7.05 Å². The minimum atomic E-state index is -0.233. The Bertz CT molecular complexity index is 643. The molecule has 0 aromatic heterocycles. The lowest BCUT2D eigenvalue weighted by molar-refractivity contribution is -0.121. The number of nitrogens with one attached hydrogen (secondary N) is 3. The first-order chi connectivity index (χ1) is 13.4. The number of carbonyl (C=O) groups is 1. The second-order valence-electron chi connectivity index (χ2n) is 8.59. The predicted octanol–water partition coefficient (Wildman–Crippen LogP) is 2.64. The van der Waals surface area contributed by atoms with E-state index in [0.29, 0.717) is 12.5 Å². The number of carbonyl (C=O) groups excluding carboxylic acids is 1. The molecule has 0 bridgehead atoms. The van der Waals surface area contributed by atoms with Crippen molar-refractivity contribution in [2.75, 3.05) is 26.7 Å². The Morgan fingerprint density at radius 2 is 1.75 bits per heavy atom. The van der Waals surface area contributed by atoms with Crippen LogP contribution in [0, 0.1) is 0 Å². The highest BCUT2D eigenvalue weighted by atomic mass is 16.2. The minimum absolute atomic E-state index is 0.0464. The van der Waals surface area contributed by atoms with Crippen molar-refractivity contribution in [2.45, 2.75) is 65.1 Å². The van der Waals surface area contributed by atoms with Crippen molar-refractivity contribution in [2.24, 2.45) is 4.99 Å². The number of nitrogens with zero attached hydrogens (tertiary/aromatic N) is 2. The van der Waals surface area contributed by atoms with Crippen LogP contribution >= 0.6 is 0 Å². The summed E-state index contributed by atoms with van der Waals surface area (Å²) in [6, 6.07) is 8.71. The first-order valence-corrected chi connectivity index (χ1v) is 10.4. The SMILES string of the molecule is CN=C(NCC(=O)NC(C)(C)C)NCc1cccc(CN2CCCCCC2)c1. The van der Waals surface area contributed by atoms with Gasteiger partial charge < -0.3 is 16.0 Å². The summed E-state index contributed by atoms with van der Waals surface area (Å²) in [5, 5.41) is 9.29. The van der Waals surface area contributed by atoms with Crippen molar-refractivity contribution in [1.29, 1.82) is 0 Å². The van der Waals surface area contributed by atoms with Gasteiger partial charge in [-0.3, -0.25) is 14.7 Å². The molecule has 1 aromatic carbocycles. The minimum Gasteiger partial charge on any atom is -0.352 e. The number of rotatable bonds is 6. The Labute approximate surface area is 170 Å². The molecule has 1 aliphatic rings. The van der Waals surface area contributed by atoms with E-state index in [1.807, 2.05) is 20.8 Å². The number of guanidine groups is 1. The topological polar surface area (TPSA) is 68.8 Å². The van der Waals surface area contributed by atoms with Crippen LogP contribution in [-0.2, 0) is 17.9 Å². The molecule has 3 N–H and O–H groups in total. The van der Waals surface area contributed by atoms with Crippen LogP contribution in [0.25, 0.3) is 0 Å². The van der Waals surface area contributed by atoms with Crippen molar-refractivity contribution in [3.8, 4) is 0 Å². The summed E-state index contributed by atoms with van der Waals surface area (Å²) in [5.74, 6) is 0.580. The Kier molecular flexibility index (Phi) is 8.77. The number of likely N-dealkylation sites (tertiary alicyclic amines) is 1. The summed E-state index contributed by atoms with van der Waals surface area (Å²) >= 11 is 0. The quantitative estimate of drug-likeness (QED) is 0.518. The maximum Gasteiger partial charge on any atom is 0.239 e. The largest absolute Gasteiger partial charge is 0.352 e. The van der Waals surface area contributed by atoms with Gasteiger partial charge in [0.2, 0.25) is 5.91 Å². The number of benzene rings is 1. The summed E-state index contributed by atoms with van der Waals surface area (Å²) in [5.41, 5.74) is 2.34. The van der Waals surface area contributed by atoms with E-state index in [1.165, 1.54) is 49.9 Å². The number of hydrogen-bond acceptors (Lipinski definition) is 3. The number of hydrogen-bond donors (Lipinski definition) is 3. The second kappa shape index (κ2) is 11.1. The van der Waals surface area contributed by atoms with E-state index >= 15 is 0 Å². The fourth-order valence-corrected chi connectivity index (χ4v) is 3.42. The average molecular weight is 388 g/mol. The highest BCUT2D eigenvalue weighted by Crippen LogP contribution is 2.14. The van der Waals surface area contributed by atoms with Gasteiger partial charge in [0.15, 0.2) is 5.96 Å². The molecule has 156 valence electrons. The Balaban J connectivity index is 1.81. The highest BCUT2D eigenvalue weighted by molar-refractivity contribution is 5.86. The molecular weight excluding hydrogens is 350 g/mol. The van der Waals surface area contributed by atoms with E-state index < -0.39 is 0 Å². The fourth-order valence-electron chi connectivity index (χ4n) is 3.42. The molecule has 6 nitrogen and oxygen atoms in total. The van der Waals surface area contributed by atoms with Crippen LogP contribution in [0.4, 0.5) is 0 Å². The average Bonchev–Trinajstić information content (AvgIpc) is 2.89. The number of amides is 1. The maximum atomic E-state index is 12.0. The third-order valence-electron chi connectivity index (χ3n) is 4.71. The van der Waals surface area contributed by atoms with Crippen LogP contribution in [0.15, 0.2) is 29.3 Å². The third kappa shape index (κ3) is 8.74. The van der Waals surface area contributed by atoms with E-state index in [9.17, 15) is 4.79 Å². The lowest BCUT2D eigenvalue weighted by Crippen LogP contribution is -2.48. The van der Waals surface area contributed by atoms with Gasteiger partial charge in [-0.15, -0.1) is 0 Å². The Hall–Kier alpha value is -2.08. The molecule has 1 aliphatic heterocycles. The van der Waals surface area contributed by atoms with Crippen molar-refractivity contribution in [1.82, 2.24) is 20.9 Å². The second-order valence-corrected chi connectivity index (χ2v) is 8.59. The first kappa shape index (κ1) is 22.2. The monoisotopic (exact) mass is 387 g/mol. The molecule has 0 atom stereocenters. The lowest BCUT2D eigenvalue weighted by Gasteiger charge is -2.21. The summed E-state index contributed by atoms with van der Waals surface area (Å²) < 4.78 is 0. The fraction of sp³-hybridized carbons (Fsp3) is 0.636. The summed E-state index contributed by atoms with van der Waals surface area (Å²) in [6.45, 7) is 10.2. The van der Waals surface area contributed by atoms with Gasteiger partial charge in [0.1, 0.15) is 0 Å². The smallest absolute Gasteiger partial charge is 0.239 e. The first-order valence-electron chi connectivity index (χ1n) is 10.4. The molecule has 1 saturated heterocycles.